The minimum absolute atomic E-state index is 0.111. The van der Waals surface area contributed by atoms with E-state index in [2.05, 4.69) is 13.8 Å². The SMILES string of the molecule is C[CH2][Ga]([CH2]C)[O]P=O. The van der Waals surface area contributed by atoms with Crippen molar-refractivity contribution in [3.63, 3.8) is 0 Å². The van der Waals surface area contributed by atoms with Crippen molar-refractivity contribution >= 4 is 25.3 Å². The summed E-state index contributed by atoms with van der Waals surface area (Å²) in [5, 5.41) is 0. The van der Waals surface area contributed by atoms with Crippen LogP contribution in [0.1, 0.15) is 13.8 Å². The van der Waals surface area contributed by atoms with Crippen LogP contribution in [0.15, 0.2) is 0 Å². The summed E-state index contributed by atoms with van der Waals surface area (Å²) in [5.41, 5.74) is 0. The zero-order valence-electron chi connectivity index (χ0n) is 5.26. The molecule has 0 fully saturated rings. The van der Waals surface area contributed by atoms with E-state index in [1.165, 1.54) is 0 Å². The van der Waals surface area contributed by atoms with Gasteiger partial charge in [-0.25, -0.2) is 0 Å². The Morgan fingerprint density at radius 1 is 1.50 bits per heavy atom. The normalized spacial score (nSPS) is 9.75. The van der Waals surface area contributed by atoms with Crippen molar-refractivity contribution in [1.29, 1.82) is 0 Å². The molecule has 0 aliphatic heterocycles. The van der Waals surface area contributed by atoms with Crippen LogP contribution in [0.5, 0.6) is 0 Å². The molecule has 2 nitrogen and oxygen atoms in total. The molecule has 0 atom stereocenters. The predicted octanol–water partition coefficient (Wildman–Crippen LogP) is 2.24. The van der Waals surface area contributed by atoms with Gasteiger partial charge in [0.2, 0.25) is 0 Å². The van der Waals surface area contributed by atoms with Crippen molar-refractivity contribution in [2.45, 2.75) is 23.8 Å². The third-order valence-corrected chi connectivity index (χ3v) is 7.73. The molecule has 0 spiro atoms. The quantitative estimate of drug-likeness (QED) is 0.502. The summed E-state index contributed by atoms with van der Waals surface area (Å²) in [7, 11) is -0.111. The van der Waals surface area contributed by atoms with Gasteiger partial charge in [0.25, 0.3) is 0 Å². The van der Waals surface area contributed by atoms with E-state index in [1.54, 1.807) is 0 Å². The van der Waals surface area contributed by atoms with E-state index >= 15 is 0 Å². The fraction of sp³-hybridized carbons (Fsp3) is 1.00. The van der Waals surface area contributed by atoms with Crippen LogP contribution < -0.4 is 0 Å². The molecule has 0 saturated heterocycles. The van der Waals surface area contributed by atoms with Crippen LogP contribution in [0.3, 0.4) is 0 Å². The van der Waals surface area contributed by atoms with Gasteiger partial charge >= 0.3 is 56.9 Å². The van der Waals surface area contributed by atoms with Crippen LogP contribution in [0, 0.1) is 0 Å². The molecule has 0 unspecified atom stereocenters. The Kier molecular flexibility index (Phi) is 6.33. The van der Waals surface area contributed by atoms with Crippen LogP contribution in [-0.4, -0.2) is 16.6 Å². The third-order valence-electron chi connectivity index (χ3n) is 1.10. The first-order valence-electron chi connectivity index (χ1n) is 2.83. The summed E-state index contributed by atoms with van der Waals surface area (Å²) in [6.45, 7) is 4.19. The molecule has 8 heavy (non-hydrogen) atoms. The number of hydrogen-bond acceptors (Lipinski definition) is 2. The second-order valence-corrected chi connectivity index (χ2v) is 9.34. The molecule has 0 amide bonds. The molecule has 46 valence electrons. The summed E-state index contributed by atoms with van der Waals surface area (Å²) in [5.74, 6) is 0. The van der Waals surface area contributed by atoms with Gasteiger partial charge in [-0.1, -0.05) is 0 Å². The standard InChI is InChI=1S/2C2H5.Ga.HO2P/c2*1-2;;1-3-2/h2*1H2,2H3;;(H,1,2)/q;;+1;/p-1. The molecular formula is C4H10GaO2P. The molecule has 0 aliphatic carbocycles. The Labute approximate surface area is 57.3 Å². The van der Waals surface area contributed by atoms with E-state index in [-0.39, 0.29) is 8.69 Å². The fourth-order valence-electron chi connectivity index (χ4n) is 0.499. The number of hydrogen-bond donors (Lipinski definition) is 0. The molecule has 0 rings (SSSR count). The second kappa shape index (κ2) is 5.83. The maximum atomic E-state index is 9.85. The molecule has 0 aliphatic rings. The van der Waals surface area contributed by atoms with Gasteiger partial charge in [-0.15, -0.1) is 0 Å². The molecule has 0 N–H and O–H groups in total. The molecule has 4 heteroatoms. The average Bonchev–Trinajstić information content (AvgIpc) is 1.83. The van der Waals surface area contributed by atoms with Gasteiger partial charge in [0.1, 0.15) is 0 Å². The van der Waals surface area contributed by atoms with Crippen molar-refractivity contribution < 1.29 is 7.88 Å². The predicted molar refractivity (Wildman–Crippen MR) is 35.4 cm³/mol. The fourth-order valence-corrected chi connectivity index (χ4v) is 4.77. The second-order valence-electron chi connectivity index (χ2n) is 1.62. The van der Waals surface area contributed by atoms with Gasteiger partial charge in [-0.3, -0.25) is 0 Å². The molecule has 0 aromatic heterocycles. The first kappa shape index (κ1) is 8.70. The van der Waals surface area contributed by atoms with Crippen molar-refractivity contribution in [2.24, 2.45) is 0 Å². The summed E-state index contributed by atoms with van der Waals surface area (Å²) >= 11 is -1.43. The van der Waals surface area contributed by atoms with E-state index in [0.717, 1.165) is 9.95 Å². The maximum absolute atomic E-state index is 9.85. The van der Waals surface area contributed by atoms with E-state index in [9.17, 15) is 4.57 Å². The van der Waals surface area contributed by atoms with Crippen LogP contribution >= 0.6 is 8.69 Å². The Balaban J connectivity index is 3.20. The zero-order valence-corrected chi connectivity index (χ0v) is 8.57. The Morgan fingerprint density at radius 3 is 2.12 bits per heavy atom. The Bertz CT molecular complexity index is 65.1. The molecular weight excluding hydrogens is 181 g/mol. The first-order chi connectivity index (χ1) is 3.85. The van der Waals surface area contributed by atoms with Crippen molar-refractivity contribution in [1.82, 2.24) is 0 Å². The molecule has 0 aromatic carbocycles. The van der Waals surface area contributed by atoms with Gasteiger partial charge in [0, 0.05) is 0 Å². The van der Waals surface area contributed by atoms with Gasteiger partial charge in [0.15, 0.2) is 0 Å². The summed E-state index contributed by atoms with van der Waals surface area (Å²) in [6, 6.07) is 0. The van der Waals surface area contributed by atoms with E-state index in [1.807, 2.05) is 0 Å². The van der Waals surface area contributed by atoms with Gasteiger partial charge in [0.05, 0.1) is 0 Å². The first-order valence-corrected chi connectivity index (χ1v) is 7.98. The summed E-state index contributed by atoms with van der Waals surface area (Å²) < 4.78 is 14.8. The molecule has 0 bridgehead atoms. The summed E-state index contributed by atoms with van der Waals surface area (Å²) in [4.78, 5) is 2.25. The monoisotopic (exact) mass is 190 g/mol. The van der Waals surface area contributed by atoms with Crippen molar-refractivity contribution in [3.8, 4) is 0 Å². The molecule has 0 saturated carbocycles. The van der Waals surface area contributed by atoms with Crippen LogP contribution in [0.4, 0.5) is 0 Å². The average molecular weight is 191 g/mol. The Morgan fingerprint density at radius 2 is 2.00 bits per heavy atom. The summed E-state index contributed by atoms with van der Waals surface area (Å²) in [6.07, 6.45) is 0. The minimum atomic E-state index is -1.43. The number of rotatable bonds is 4. The van der Waals surface area contributed by atoms with Crippen molar-refractivity contribution in [2.75, 3.05) is 0 Å². The van der Waals surface area contributed by atoms with Crippen LogP contribution in [0.2, 0.25) is 9.95 Å². The van der Waals surface area contributed by atoms with Crippen molar-refractivity contribution in [3.05, 3.63) is 0 Å². The molecule has 0 radical (unpaired) electrons. The zero-order chi connectivity index (χ0) is 6.41. The van der Waals surface area contributed by atoms with Gasteiger partial charge in [-0.2, -0.15) is 0 Å². The third kappa shape index (κ3) is 3.67. The topological polar surface area (TPSA) is 26.3 Å². The van der Waals surface area contributed by atoms with E-state index in [4.69, 9.17) is 3.32 Å². The van der Waals surface area contributed by atoms with E-state index in [0.29, 0.717) is 0 Å². The van der Waals surface area contributed by atoms with Gasteiger partial charge < -0.3 is 0 Å². The van der Waals surface area contributed by atoms with Crippen LogP contribution in [-0.2, 0) is 7.88 Å². The Hall–Kier alpha value is 0.696. The van der Waals surface area contributed by atoms with Crippen LogP contribution in [0.25, 0.3) is 0 Å². The van der Waals surface area contributed by atoms with E-state index < -0.39 is 16.6 Å². The van der Waals surface area contributed by atoms with Gasteiger partial charge in [-0.05, 0) is 0 Å². The molecule has 0 aromatic rings. The molecule has 0 heterocycles.